The van der Waals surface area contributed by atoms with Gasteiger partial charge in [0.05, 0.1) is 28.5 Å². The maximum atomic E-state index is 6.25. The molecule has 0 amide bonds. The molecule has 0 spiro atoms. The topological polar surface area (TPSA) is 39.9 Å². The number of hydrogen-bond donors (Lipinski definition) is 0. The summed E-state index contributed by atoms with van der Waals surface area (Å²) >= 11 is 0. The Bertz CT molecular complexity index is 2460. The van der Waals surface area contributed by atoms with Gasteiger partial charge in [-0.05, 0) is 64.2 Å². The Hall–Kier alpha value is -5.74. The Morgan fingerprint density at radius 2 is 1.40 bits per heavy atom. The van der Waals surface area contributed by atoms with Crippen LogP contribution in [0.15, 0.2) is 134 Å². The molecular weight excluding hydrogens is 550 g/mol. The average molecular weight is 580 g/mol. The number of rotatable bonds is 2. The number of allylic oxidation sites excluding steroid dienone is 4. The van der Waals surface area contributed by atoms with Crippen molar-refractivity contribution in [3.05, 3.63) is 151 Å². The second-order valence-electron chi connectivity index (χ2n) is 12.3. The van der Waals surface area contributed by atoms with Crippen LogP contribution >= 0.6 is 0 Å². The zero-order valence-electron chi connectivity index (χ0n) is 25.1. The first-order valence-corrected chi connectivity index (χ1v) is 15.3. The number of ether oxygens (including phenoxy) is 1. The molecule has 214 valence electrons. The third-order valence-corrected chi connectivity index (χ3v) is 9.46. The highest BCUT2D eigenvalue weighted by Gasteiger charge is 2.36. The van der Waals surface area contributed by atoms with E-state index in [4.69, 9.17) is 14.7 Å². The molecule has 0 N–H and O–H groups in total. The Labute approximate surface area is 261 Å². The van der Waals surface area contributed by atoms with Crippen LogP contribution in [-0.2, 0) is 5.41 Å². The summed E-state index contributed by atoms with van der Waals surface area (Å²) in [5.41, 5.74) is 11.7. The molecule has 2 aliphatic rings. The zero-order valence-corrected chi connectivity index (χ0v) is 25.1. The molecule has 9 rings (SSSR count). The summed E-state index contributed by atoms with van der Waals surface area (Å²) in [4.78, 5) is 10.6. The number of para-hydroxylation sites is 3. The second-order valence-corrected chi connectivity index (χ2v) is 12.3. The summed E-state index contributed by atoms with van der Waals surface area (Å²) in [6, 6.07) is 36.5. The largest absolute Gasteiger partial charge is 0.464 e. The smallest absolute Gasteiger partial charge is 0.235 e. The lowest BCUT2D eigenvalue weighted by Gasteiger charge is -2.21. The van der Waals surface area contributed by atoms with Crippen LogP contribution in [0.4, 0.5) is 0 Å². The highest BCUT2D eigenvalue weighted by atomic mass is 16.5. The third-order valence-electron chi connectivity index (χ3n) is 9.46. The van der Waals surface area contributed by atoms with Gasteiger partial charge < -0.3 is 4.74 Å². The van der Waals surface area contributed by atoms with Crippen LogP contribution in [0.25, 0.3) is 66.6 Å². The molecule has 7 aromatic rings. The summed E-state index contributed by atoms with van der Waals surface area (Å²) in [6.07, 6.45) is 7.53. The van der Waals surface area contributed by atoms with Gasteiger partial charge in [-0.15, -0.1) is 0 Å². The Morgan fingerprint density at radius 1 is 0.644 bits per heavy atom. The fourth-order valence-corrected chi connectivity index (χ4v) is 7.27. The van der Waals surface area contributed by atoms with Crippen molar-refractivity contribution >= 4 is 38.3 Å². The number of benzene rings is 5. The van der Waals surface area contributed by atoms with E-state index in [9.17, 15) is 0 Å². The quantitative estimate of drug-likeness (QED) is 0.205. The lowest BCUT2D eigenvalue weighted by Crippen LogP contribution is -2.14. The minimum Gasteiger partial charge on any atom is -0.464 e. The Balaban J connectivity index is 1.37. The van der Waals surface area contributed by atoms with Gasteiger partial charge in [-0.25, -0.2) is 9.97 Å². The predicted molar refractivity (Wildman–Crippen MR) is 185 cm³/mol. The zero-order chi connectivity index (χ0) is 30.3. The minimum absolute atomic E-state index is 0.0897. The summed E-state index contributed by atoms with van der Waals surface area (Å²) in [5.74, 6) is 1.36. The average Bonchev–Trinajstić information content (AvgIpc) is 3.50. The van der Waals surface area contributed by atoms with E-state index in [-0.39, 0.29) is 5.41 Å². The van der Waals surface area contributed by atoms with Crippen LogP contribution in [0.5, 0.6) is 5.75 Å². The van der Waals surface area contributed by atoms with Crippen molar-refractivity contribution in [3.8, 4) is 34.1 Å². The first-order chi connectivity index (χ1) is 22.0. The lowest BCUT2D eigenvalue weighted by molar-refractivity contribution is 0.481. The summed E-state index contributed by atoms with van der Waals surface area (Å²) in [7, 11) is 0. The van der Waals surface area contributed by atoms with Gasteiger partial charge in [0.25, 0.3) is 0 Å². The van der Waals surface area contributed by atoms with Crippen LogP contribution in [0.2, 0.25) is 0 Å². The van der Waals surface area contributed by atoms with Crippen LogP contribution in [0.1, 0.15) is 30.5 Å². The number of nitrogens with zero attached hydrogens (tertiary/aromatic N) is 3. The van der Waals surface area contributed by atoms with Gasteiger partial charge in [-0.3, -0.25) is 4.57 Å². The molecule has 1 aliphatic carbocycles. The van der Waals surface area contributed by atoms with Gasteiger partial charge in [0.15, 0.2) is 0 Å². The van der Waals surface area contributed by atoms with E-state index in [2.05, 4.69) is 104 Å². The van der Waals surface area contributed by atoms with Gasteiger partial charge in [0, 0.05) is 32.7 Å². The standard InChI is InChI=1S/C41H29N3O/c1-25-13-10-11-22-45-39-26(25)17-12-18-30(39)38-29-16-5-8-20-35(29)42-40(43-38)44-36-21-9-6-15-28(36)32-23-34-31(24-37(32)44)27-14-4-7-19-33(27)41(34,2)3/h4-24H,1H2,2-3H3/b13-10-,22-11-. The summed E-state index contributed by atoms with van der Waals surface area (Å²) in [6.45, 7) is 8.95. The van der Waals surface area contributed by atoms with Crippen molar-refractivity contribution in [1.29, 1.82) is 0 Å². The molecule has 4 heteroatoms. The molecule has 4 nitrogen and oxygen atoms in total. The molecule has 5 aromatic carbocycles. The van der Waals surface area contributed by atoms with Gasteiger partial charge in [0.1, 0.15) is 5.75 Å². The molecule has 1 aliphatic heterocycles. The molecule has 3 heterocycles. The molecular formula is C41H29N3O. The van der Waals surface area contributed by atoms with Crippen molar-refractivity contribution in [1.82, 2.24) is 14.5 Å². The van der Waals surface area contributed by atoms with E-state index in [1.54, 1.807) is 6.26 Å². The van der Waals surface area contributed by atoms with Gasteiger partial charge in [-0.2, -0.15) is 0 Å². The highest BCUT2D eigenvalue weighted by Crippen LogP contribution is 2.51. The van der Waals surface area contributed by atoms with E-state index in [1.165, 1.54) is 33.0 Å². The van der Waals surface area contributed by atoms with Crippen LogP contribution < -0.4 is 4.74 Å². The fourth-order valence-electron chi connectivity index (χ4n) is 7.27. The minimum atomic E-state index is -0.0897. The molecule has 0 radical (unpaired) electrons. The summed E-state index contributed by atoms with van der Waals surface area (Å²) < 4.78 is 8.47. The lowest BCUT2D eigenvalue weighted by atomic mass is 9.82. The predicted octanol–water partition coefficient (Wildman–Crippen LogP) is 10.2. The van der Waals surface area contributed by atoms with Crippen molar-refractivity contribution in [3.63, 3.8) is 0 Å². The number of fused-ring (bicyclic) bond motifs is 8. The molecule has 2 aromatic heterocycles. The number of aromatic nitrogens is 3. The molecule has 0 atom stereocenters. The normalized spacial score (nSPS) is 16.1. The molecule has 0 saturated carbocycles. The Morgan fingerprint density at radius 3 is 2.31 bits per heavy atom. The van der Waals surface area contributed by atoms with Crippen molar-refractivity contribution in [2.45, 2.75) is 19.3 Å². The van der Waals surface area contributed by atoms with Crippen molar-refractivity contribution in [2.24, 2.45) is 0 Å². The fraction of sp³-hybridized carbons (Fsp3) is 0.0732. The molecule has 0 fully saturated rings. The molecule has 0 bridgehead atoms. The second kappa shape index (κ2) is 9.38. The van der Waals surface area contributed by atoms with E-state index >= 15 is 0 Å². The third kappa shape index (κ3) is 3.66. The summed E-state index contributed by atoms with van der Waals surface area (Å²) in [5, 5.41) is 3.34. The van der Waals surface area contributed by atoms with Gasteiger partial charge in [0.2, 0.25) is 5.95 Å². The first-order valence-electron chi connectivity index (χ1n) is 15.3. The van der Waals surface area contributed by atoms with E-state index in [1.807, 2.05) is 42.5 Å². The maximum absolute atomic E-state index is 6.25. The monoisotopic (exact) mass is 579 g/mol. The van der Waals surface area contributed by atoms with Crippen LogP contribution in [0, 0.1) is 0 Å². The van der Waals surface area contributed by atoms with E-state index in [0.29, 0.717) is 5.95 Å². The Kier molecular flexibility index (Phi) is 5.36. The highest BCUT2D eigenvalue weighted by molar-refractivity contribution is 6.11. The van der Waals surface area contributed by atoms with Gasteiger partial charge >= 0.3 is 0 Å². The SMILES string of the molecule is C=C1/C=C\C=C/Oc2c1cccc2-c1nc(-n2c3ccccc3c3cc4c(cc32)-c2ccccc2C4(C)C)nc2ccccc12. The first kappa shape index (κ1) is 25.7. The van der Waals surface area contributed by atoms with Crippen molar-refractivity contribution < 1.29 is 4.74 Å². The van der Waals surface area contributed by atoms with Crippen LogP contribution in [-0.4, -0.2) is 14.5 Å². The van der Waals surface area contributed by atoms with Crippen molar-refractivity contribution in [2.75, 3.05) is 0 Å². The molecule has 0 unspecified atom stereocenters. The van der Waals surface area contributed by atoms with Crippen LogP contribution in [0.3, 0.4) is 0 Å². The molecule has 0 saturated heterocycles. The van der Waals surface area contributed by atoms with E-state index < -0.39 is 0 Å². The number of hydrogen-bond acceptors (Lipinski definition) is 3. The van der Waals surface area contributed by atoms with Gasteiger partial charge in [-0.1, -0.05) is 105 Å². The van der Waals surface area contributed by atoms with E-state index in [0.717, 1.165) is 50.1 Å². The maximum Gasteiger partial charge on any atom is 0.235 e. The molecule has 45 heavy (non-hydrogen) atoms.